The van der Waals surface area contributed by atoms with Gasteiger partial charge in [0.05, 0.1) is 0 Å². The molecule has 0 saturated heterocycles. The number of carboxylic acid groups (broad SMARTS) is 1. The van der Waals surface area contributed by atoms with Crippen molar-refractivity contribution in [2.45, 2.75) is 44.0 Å². The summed E-state index contributed by atoms with van der Waals surface area (Å²) in [4.78, 5) is 9.99. The van der Waals surface area contributed by atoms with Crippen molar-refractivity contribution in [2.75, 3.05) is 0 Å². The Labute approximate surface area is 117 Å². The average Bonchev–Trinajstić information content (AvgIpc) is 2.31. The molecule has 1 unspecified atom stereocenters. The molecule has 1 rings (SSSR count). The van der Waals surface area contributed by atoms with Crippen molar-refractivity contribution < 1.29 is 22.7 Å². The fraction of sp³-hybridized carbons (Fsp3) is 0.462. The second-order valence-corrected chi connectivity index (χ2v) is 6.42. The predicted octanol–water partition coefficient (Wildman–Crippen LogP) is 2.06. The van der Waals surface area contributed by atoms with Gasteiger partial charge in [-0.2, -0.15) is 0 Å². The van der Waals surface area contributed by atoms with E-state index in [1.807, 2.05) is 0 Å². The number of hydrogen-bond acceptors (Lipinski definition) is 3. The zero-order chi connectivity index (χ0) is 15.3. The van der Waals surface area contributed by atoms with Gasteiger partial charge in [0.2, 0.25) is 10.0 Å². The van der Waals surface area contributed by atoms with E-state index in [1.54, 1.807) is 13.8 Å². The third-order valence-corrected chi connectivity index (χ3v) is 4.36. The van der Waals surface area contributed by atoms with Crippen LogP contribution in [-0.2, 0) is 14.8 Å². The minimum atomic E-state index is -3.94. The van der Waals surface area contributed by atoms with Crippen LogP contribution in [0.4, 0.5) is 4.39 Å². The summed E-state index contributed by atoms with van der Waals surface area (Å²) in [6, 6.07) is 3.41. The first-order valence-corrected chi connectivity index (χ1v) is 7.71. The molecule has 1 aromatic carbocycles. The molecule has 0 amide bonds. The lowest BCUT2D eigenvalue weighted by Gasteiger charge is -2.14. The number of carbonyl (C=O) groups is 1. The van der Waals surface area contributed by atoms with Crippen LogP contribution in [-0.4, -0.2) is 25.5 Å². The molecule has 112 valence electrons. The Balaban J connectivity index is 2.74. The molecule has 1 aromatic rings. The molecule has 0 aliphatic carbocycles. The highest BCUT2D eigenvalue weighted by molar-refractivity contribution is 7.89. The van der Waals surface area contributed by atoms with Crippen LogP contribution in [0.2, 0.25) is 0 Å². The molecule has 0 bridgehead atoms. The Bertz CT molecular complexity index is 586. The molecule has 2 N–H and O–H groups in total. The van der Waals surface area contributed by atoms with E-state index in [1.165, 1.54) is 12.1 Å². The van der Waals surface area contributed by atoms with Gasteiger partial charge in [0.25, 0.3) is 0 Å². The zero-order valence-electron chi connectivity index (χ0n) is 11.4. The third-order valence-electron chi connectivity index (χ3n) is 2.76. The number of benzene rings is 1. The SMILES string of the molecule is Cc1ccc(F)c(S(=O)(=O)NC(C)CCCC(=O)O)c1. The smallest absolute Gasteiger partial charge is 0.303 e. The van der Waals surface area contributed by atoms with E-state index < -0.39 is 27.9 Å². The summed E-state index contributed by atoms with van der Waals surface area (Å²) < 4.78 is 40.0. The quantitative estimate of drug-likeness (QED) is 0.807. The summed E-state index contributed by atoms with van der Waals surface area (Å²) in [6.07, 6.45) is 0.707. The number of aryl methyl sites for hydroxylation is 1. The maximum Gasteiger partial charge on any atom is 0.303 e. The van der Waals surface area contributed by atoms with Gasteiger partial charge in [-0.05, 0) is 44.4 Å². The second kappa shape index (κ2) is 6.81. The maximum absolute atomic E-state index is 13.6. The molecule has 0 saturated carbocycles. The molecule has 0 radical (unpaired) electrons. The van der Waals surface area contributed by atoms with E-state index in [2.05, 4.69) is 4.72 Å². The summed E-state index contributed by atoms with van der Waals surface area (Å²) in [5.41, 5.74) is 0.644. The standard InChI is InChI=1S/C13H18FNO4S/c1-9-6-7-11(14)12(8-9)20(18,19)15-10(2)4-3-5-13(16)17/h6-8,10,15H,3-5H2,1-2H3,(H,16,17). The van der Waals surface area contributed by atoms with E-state index in [0.717, 1.165) is 6.07 Å². The Morgan fingerprint density at radius 1 is 1.45 bits per heavy atom. The zero-order valence-corrected chi connectivity index (χ0v) is 12.2. The first kappa shape index (κ1) is 16.6. The Morgan fingerprint density at radius 3 is 2.70 bits per heavy atom. The van der Waals surface area contributed by atoms with Crippen molar-refractivity contribution in [2.24, 2.45) is 0 Å². The summed E-state index contributed by atoms with van der Waals surface area (Å²) >= 11 is 0. The van der Waals surface area contributed by atoms with Gasteiger partial charge in [0.15, 0.2) is 0 Å². The van der Waals surface area contributed by atoms with Gasteiger partial charge in [-0.3, -0.25) is 4.79 Å². The largest absolute Gasteiger partial charge is 0.481 e. The average molecular weight is 303 g/mol. The molecule has 0 aromatic heterocycles. The summed E-state index contributed by atoms with van der Waals surface area (Å²) in [5, 5.41) is 8.52. The number of halogens is 1. The topological polar surface area (TPSA) is 83.5 Å². The number of hydrogen-bond donors (Lipinski definition) is 2. The van der Waals surface area contributed by atoms with Gasteiger partial charge in [0, 0.05) is 12.5 Å². The monoisotopic (exact) mass is 303 g/mol. The molecule has 0 heterocycles. The highest BCUT2D eigenvalue weighted by Gasteiger charge is 2.21. The van der Waals surface area contributed by atoms with Crippen molar-refractivity contribution in [3.05, 3.63) is 29.6 Å². The minimum Gasteiger partial charge on any atom is -0.481 e. The highest BCUT2D eigenvalue weighted by Crippen LogP contribution is 2.17. The molecular formula is C13H18FNO4S. The van der Waals surface area contributed by atoms with Crippen molar-refractivity contribution >= 4 is 16.0 Å². The lowest BCUT2D eigenvalue weighted by Crippen LogP contribution is -2.33. The van der Waals surface area contributed by atoms with Gasteiger partial charge in [0.1, 0.15) is 10.7 Å². The van der Waals surface area contributed by atoms with Crippen LogP contribution in [0.5, 0.6) is 0 Å². The molecule has 20 heavy (non-hydrogen) atoms. The number of carboxylic acids is 1. The third kappa shape index (κ3) is 4.90. The summed E-state index contributed by atoms with van der Waals surface area (Å²) in [7, 11) is -3.94. The number of nitrogens with one attached hydrogen (secondary N) is 1. The van der Waals surface area contributed by atoms with Crippen LogP contribution in [0.1, 0.15) is 31.7 Å². The van der Waals surface area contributed by atoms with E-state index >= 15 is 0 Å². The van der Waals surface area contributed by atoms with E-state index in [4.69, 9.17) is 5.11 Å². The highest BCUT2D eigenvalue weighted by atomic mass is 32.2. The lowest BCUT2D eigenvalue weighted by atomic mass is 10.1. The van der Waals surface area contributed by atoms with Gasteiger partial charge in [-0.15, -0.1) is 0 Å². The van der Waals surface area contributed by atoms with Crippen LogP contribution in [0.25, 0.3) is 0 Å². The van der Waals surface area contributed by atoms with E-state index in [9.17, 15) is 17.6 Å². The fourth-order valence-electron chi connectivity index (χ4n) is 1.76. The normalized spacial score (nSPS) is 13.2. The Hall–Kier alpha value is -1.47. The molecule has 0 aliphatic rings. The second-order valence-electron chi connectivity index (χ2n) is 4.74. The van der Waals surface area contributed by atoms with Crippen LogP contribution in [0, 0.1) is 12.7 Å². The fourth-order valence-corrected chi connectivity index (χ4v) is 3.20. The van der Waals surface area contributed by atoms with Crippen LogP contribution < -0.4 is 4.72 Å². The molecular weight excluding hydrogens is 285 g/mol. The van der Waals surface area contributed by atoms with Crippen LogP contribution in [0.3, 0.4) is 0 Å². The van der Waals surface area contributed by atoms with Gasteiger partial charge < -0.3 is 5.11 Å². The lowest BCUT2D eigenvalue weighted by molar-refractivity contribution is -0.137. The van der Waals surface area contributed by atoms with Crippen molar-refractivity contribution in [1.82, 2.24) is 4.72 Å². The first-order valence-electron chi connectivity index (χ1n) is 6.22. The molecule has 1 atom stereocenters. The Morgan fingerprint density at radius 2 is 2.10 bits per heavy atom. The van der Waals surface area contributed by atoms with Crippen molar-refractivity contribution in [1.29, 1.82) is 0 Å². The van der Waals surface area contributed by atoms with Crippen molar-refractivity contribution in [3.8, 4) is 0 Å². The summed E-state index contributed by atoms with van der Waals surface area (Å²) in [5.74, 6) is -1.73. The van der Waals surface area contributed by atoms with Crippen molar-refractivity contribution in [3.63, 3.8) is 0 Å². The molecule has 7 heteroatoms. The minimum absolute atomic E-state index is 0.0229. The number of sulfonamides is 1. The van der Waals surface area contributed by atoms with Crippen LogP contribution >= 0.6 is 0 Å². The van der Waals surface area contributed by atoms with Gasteiger partial charge in [-0.1, -0.05) is 6.07 Å². The predicted molar refractivity (Wildman–Crippen MR) is 72.4 cm³/mol. The first-order chi connectivity index (χ1) is 9.22. The number of aliphatic carboxylic acids is 1. The molecule has 5 nitrogen and oxygen atoms in total. The molecule has 0 spiro atoms. The van der Waals surface area contributed by atoms with Gasteiger partial charge in [-0.25, -0.2) is 17.5 Å². The molecule has 0 fully saturated rings. The maximum atomic E-state index is 13.6. The summed E-state index contributed by atoms with van der Waals surface area (Å²) in [6.45, 7) is 3.29. The number of rotatable bonds is 7. The Kier molecular flexibility index (Phi) is 5.64. The van der Waals surface area contributed by atoms with Crippen LogP contribution in [0.15, 0.2) is 23.1 Å². The van der Waals surface area contributed by atoms with E-state index in [0.29, 0.717) is 18.4 Å². The van der Waals surface area contributed by atoms with E-state index in [-0.39, 0.29) is 11.3 Å². The van der Waals surface area contributed by atoms with Gasteiger partial charge >= 0.3 is 5.97 Å². The molecule has 0 aliphatic heterocycles.